The molecule has 0 amide bonds. The molecule has 0 saturated heterocycles. The molecule has 0 radical (unpaired) electrons. The Morgan fingerprint density at radius 3 is 1.64 bits per heavy atom. The fourth-order valence-corrected chi connectivity index (χ4v) is 0.408. The molecule has 0 saturated carbocycles. The lowest BCUT2D eigenvalue weighted by molar-refractivity contribution is 0.381. The van der Waals surface area contributed by atoms with Crippen molar-refractivity contribution >= 4 is 10.4 Å². The van der Waals surface area contributed by atoms with Gasteiger partial charge in [-0.05, 0) is 6.54 Å². The Morgan fingerprint density at radius 2 is 1.64 bits per heavy atom. The van der Waals surface area contributed by atoms with Crippen molar-refractivity contribution in [3.63, 3.8) is 0 Å². The van der Waals surface area contributed by atoms with Gasteiger partial charge < -0.3 is 5.32 Å². The van der Waals surface area contributed by atoms with E-state index in [1.807, 2.05) is 0 Å². The number of rotatable bonds is 2. The van der Waals surface area contributed by atoms with Gasteiger partial charge in [0.15, 0.2) is 0 Å². The maximum Gasteiger partial charge on any atom is 0.394 e. The van der Waals surface area contributed by atoms with E-state index in [0.29, 0.717) is 6.04 Å². The van der Waals surface area contributed by atoms with E-state index in [-0.39, 0.29) is 0 Å². The Kier molecular flexibility index (Phi) is 7.97. The molecule has 0 spiro atoms. The zero-order valence-corrected chi connectivity index (χ0v) is 7.72. The van der Waals surface area contributed by atoms with E-state index in [1.165, 1.54) is 0 Å². The van der Waals surface area contributed by atoms with Crippen LogP contribution >= 0.6 is 0 Å². The van der Waals surface area contributed by atoms with Crippen molar-refractivity contribution in [2.24, 2.45) is 0 Å². The molecule has 6 heteroatoms. The van der Waals surface area contributed by atoms with Gasteiger partial charge in [0.05, 0.1) is 0 Å². The van der Waals surface area contributed by atoms with Crippen LogP contribution in [0.2, 0.25) is 0 Å². The molecular weight excluding hydrogens is 170 g/mol. The third kappa shape index (κ3) is 75.2. The molecule has 0 aromatic carbocycles. The van der Waals surface area contributed by atoms with Crippen molar-refractivity contribution in [3.05, 3.63) is 0 Å². The lowest BCUT2D eigenvalue weighted by atomic mass is 10.4. The van der Waals surface area contributed by atoms with E-state index >= 15 is 0 Å². The Hall–Kier alpha value is -0.170. The summed E-state index contributed by atoms with van der Waals surface area (Å²) in [4.78, 5) is 0. The van der Waals surface area contributed by atoms with E-state index in [1.54, 1.807) is 0 Å². The first-order chi connectivity index (χ1) is 4.77. The van der Waals surface area contributed by atoms with Crippen molar-refractivity contribution in [2.75, 3.05) is 6.54 Å². The molecule has 11 heavy (non-hydrogen) atoms. The summed E-state index contributed by atoms with van der Waals surface area (Å²) in [5.74, 6) is 0. The van der Waals surface area contributed by atoms with Gasteiger partial charge >= 0.3 is 10.4 Å². The standard InChI is InChI=1S/C5H13N.H2O4S/c1-4-6-5(2)3;1-5(2,3)4/h5-6H,4H2,1-3H3;(H2,1,2,3,4). The van der Waals surface area contributed by atoms with Crippen LogP contribution in [0.1, 0.15) is 20.8 Å². The van der Waals surface area contributed by atoms with Crippen molar-refractivity contribution in [1.29, 1.82) is 0 Å². The first-order valence-corrected chi connectivity index (χ1v) is 4.60. The zero-order chi connectivity index (χ0) is 9.49. The van der Waals surface area contributed by atoms with E-state index in [9.17, 15) is 0 Å². The molecule has 0 heterocycles. The Balaban J connectivity index is 0. The molecule has 0 rings (SSSR count). The maximum absolute atomic E-state index is 8.74. The molecule has 70 valence electrons. The van der Waals surface area contributed by atoms with Crippen LogP contribution in [-0.4, -0.2) is 30.1 Å². The highest BCUT2D eigenvalue weighted by atomic mass is 32.3. The second-order valence-corrected chi connectivity index (χ2v) is 3.06. The zero-order valence-electron chi connectivity index (χ0n) is 6.90. The predicted molar refractivity (Wildman–Crippen MR) is 43.0 cm³/mol. The van der Waals surface area contributed by atoms with Crippen molar-refractivity contribution in [2.45, 2.75) is 26.8 Å². The molecule has 0 unspecified atom stereocenters. The molecule has 0 bridgehead atoms. The van der Waals surface area contributed by atoms with Crippen LogP contribution < -0.4 is 5.32 Å². The van der Waals surface area contributed by atoms with Crippen LogP contribution in [0.4, 0.5) is 0 Å². The summed E-state index contributed by atoms with van der Waals surface area (Å²) in [5.41, 5.74) is 0. The van der Waals surface area contributed by atoms with Crippen LogP contribution in [0.25, 0.3) is 0 Å². The predicted octanol–water partition coefficient (Wildman–Crippen LogP) is 0.352. The lowest BCUT2D eigenvalue weighted by Crippen LogP contribution is -2.21. The van der Waals surface area contributed by atoms with Crippen LogP contribution in [0.5, 0.6) is 0 Å². The lowest BCUT2D eigenvalue weighted by Gasteiger charge is -2.00. The summed E-state index contributed by atoms with van der Waals surface area (Å²) in [6.07, 6.45) is 0. The van der Waals surface area contributed by atoms with Gasteiger partial charge in [0.2, 0.25) is 0 Å². The van der Waals surface area contributed by atoms with Crippen LogP contribution in [0.3, 0.4) is 0 Å². The van der Waals surface area contributed by atoms with E-state index in [2.05, 4.69) is 26.1 Å². The molecular formula is C5H15NO4S. The number of nitrogens with one attached hydrogen (secondary N) is 1. The summed E-state index contributed by atoms with van der Waals surface area (Å²) >= 11 is 0. The molecule has 0 aromatic rings. The van der Waals surface area contributed by atoms with Crippen molar-refractivity contribution < 1.29 is 17.5 Å². The average molecular weight is 185 g/mol. The summed E-state index contributed by atoms with van der Waals surface area (Å²) in [5, 5.41) is 3.21. The number of hydrogen-bond acceptors (Lipinski definition) is 3. The summed E-state index contributed by atoms with van der Waals surface area (Å²) < 4.78 is 31.6. The van der Waals surface area contributed by atoms with Gasteiger partial charge in [-0.25, -0.2) is 0 Å². The van der Waals surface area contributed by atoms with Gasteiger partial charge in [-0.1, -0.05) is 20.8 Å². The quantitative estimate of drug-likeness (QED) is 0.540. The Morgan fingerprint density at radius 1 is 1.36 bits per heavy atom. The third-order valence-electron chi connectivity index (χ3n) is 0.612. The molecule has 0 atom stereocenters. The highest BCUT2D eigenvalue weighted by Crippen LogP contribution is 1.70. The van der Waals surface area contributed by atoms with Gasteiger partial charge in [0, 0.05) is 6.04 Å². The highest BCUT2D eigenvalue weighted by Gasteiger charge is 1.84. The van der Waals surface area contributed by atoms with E-state index in [0.717, 1.165) is 6.54 Å². The highest BCUT2D eigenvalue weighted by molar-refractivity contribution is 7.79. The second kappa shape index (κ2) is 6.53. The molecule has 0 aliphatic heterocycles. The minimum absolute atomic E-state index is 0.648. The van der Waals surface area contributed by atoms with Crippen molar-refractivity contribution in [1.82, 2.24) is 5.32 Å². The number of hydrogen-bond donors (Lipinski definition) is 3. The summed E-state index contributed by atoms with van der Waals surface area (Å²) in [6.45, 7) is 7.48. The van der Waals surface area contributed by atoms with Gasteiger partial charge in [0.1, 0.15) is 0 Å². The van der Waals surface area contributed by atoms with Gasteiger partial charge in [-0.2, -0.15) is 8.42 Å². The first-order valence-electron chi connectivity index (χ1n) is 3.20. The SMILES string of the molecule is CCNC(C)C.O=S(=O)(O)O. The Bertz CT molecular complexity index is 155. The molecule has 3 N–H and O–H groups in total. The first kappa shape index (κ1) is 13.4. The van der Waals surface area contributed by atoms with Crippen LogP contribution in [0, 0.1) is 0 Å². The van der Waals surface area contributed by atoms with Crippen LogP contribution in [0.15, 0.2) is 0 Å². The topological polar surface area (TPSA) is 86.6 Å². The minimum atomic E-state index is -4.67. The van der Waals surface area contributed by atoms with Gasteiger partial charge in [-0.3, -0.25) is 9.11 Å². The summed E-state index contributed by atoms with van der Waals surface area (Å²) in [6, 6.07) is 0.648. The molecule has 0 aliphatic carbocycles. The second-order valence-electron chi connectivity index (χ2n) is 2.16. The van der Waals surface area contributed by atoms with Gasteiger partial charge in [0.25, 0.3) is 0 Å². The average Bonchev–Trinajstić information content (AvgIpc) is 1.58. The third-order valence-corrected chi connectivity index (χ3v) is 0.612. The minimum Gasteiger partial charge on any atom is -0.315 e. The maximum atomic E-state index is 8.74. The molecule has 0 aliphatic rings. The van der Waals surface area contributed by atoms with E-state index in [4.69, 9.17) is 17.5 Å². The van der Waals surface area contributed by atoms with Crippen molar-refractivity contribution in [3.8, 4) is 0 Å². The summed E-state index contributed by atoms with van der Waals surface area (Å²) in [7, 11) is -4.67. The van der Waals surface area contributed by atoms with E-state index < -0.39 is 10.4 Å². The molecule has 0 aromatic heterocycles. The normalized spacial score (nSPS) is 10.7. The molecule has 5 nitrogen and oxygen atoms in total. The molecule has 0 fully saturated rings. The van der Waals surface area contributed by atoms with Gasteiger partial charge in [-0.15, -0.1) is 0 Å². The van der Waals surface area contributed by atoms with Crippen LogP contribution in [-0.2, 0) is 10.4 Å². The fraction of sp³-hybridized carbons (Fsp3) is 1.00. The fourth-order valence-electron chi connectivity index (χ4n) is 0.408. The largest absolute Gasteiger partial charge is 0.394 e. The smallest absolute Gasteiger partial charge is 0.315 e. The Labute approximate surface area is 67.4 Å². The monoisotopic (exact) mass is 185 g/mol.